The van der Waals surface area contributed by atoms with Gasteiger partial charge in [0, 0.05) is 17.3 Å². The molecule has 2 aromatic heterocycles. The van der Waals surface area contributed by atoms with Gasteiger partial charge in [0.25, 0.3) is 15.9 Å². The molecule has 0 bridgehead atoms. The Morgan fingerprint density at radius 3 is 2.49 bits per heavy atom. The molecular formula is C25H25N3O5S2. The number of hydrogen-bond acceptors (Lipinski definition) is 7. The standard InChI is InChI=1S/C25H25N3O5S2/c1-3-17(2)18-4-8-20(9-5-18)32-16-21-10-13-23(33-21)24(29)27-19-6-11-22(12-7-19)35(30,31)28-25-26-14-15-34-25/h4-15,17H,3,16H2,1-2H3,(H,26,28)(H,27,29). The van der Waals surface area contributed by atoms with Crippen LogP contribution in [0.4, 0.5) is 10.8 Å². The first-order valence-electron chi connectivity index (χ1n) is 11.0. The largest absolute Gasteiger partial charge is 0.486 e. The van der Waals surface area contributed by atoms with E-state index in [1.807, 2.05) is 12.1 Å². The summed E-state index contributed by atoms with van der Waals surface area (Å²) in [6.45, 7) is 4.53. The fourth-order valence-electron chi connectivity index (χ4n) is 3.22. The minimum absolute atomic E-state index is 0.0558. The van der Waals surface area contributed by atoms with E-state index in [9.17, 15) is 13.2 Å². The van der Waals surface area contributed by atoms with Gasteiger partial charge in [0.05, 0.1) is 4.90 Å². The fraction of sp³-hybridized carbons (Fsp3) is 0.200. The maximum absolute atomic E-state index is 12.5. The maximum Gasteiger partial charge on any atom is 0.291 e. The van der Waals surface area contributed by atoms with Crippen LogP contribution in [0.5, 0.6) is 5.75 Å². The zero-order valence-electron chi connectivity index (χ0n) is 19.2. The number of thiazole rings is 1. The highest BCUT2D eigenvalue weighted by atomic mass is 32.2. The van der Waals surface area contributed by atoms with Gasteiger partial charge in [-0.2, -0.15) is 0 Å². The molecule has 0 radical (unpaired) electrons. The van der Waals surface area contributed by atoms with Crippen molar-refractivity contribution >= 4 is 38.1 Å². The van der Waals surface area contributed by atoms with Crippen LogP contribution in [0.1, 0.15) is 48.1 Å². The molecule has 10 heteroatoms. The number of furan rings is 1. The minimum Gasteiger partial charge on any atom is -0.486 e. The molecule has 1 unspecified atom stereocenters. The number of carbonyl (C=O) groups excluding carboxylic acids is 1. The quantitative estimate of drug-likeness (QED) is 0.275. The number of rotatable bonds is 10. The Kier molecular flexibility index (Phi) is 7.52. The lowest BCUT2D eigenvalue weighted by Gasteiger charge is -2.10. The van der Waals surface area contributed by atoms with E-state index >= 15 is 0 Å². The van der Waals surface area contributed by atoms with Gasteiger partial charge in [0.15, 0.2) is 10.9 Å². The van der Waals surface area contributed by atoms with E-state index in [-0.39, 0.29) is 22.4 Å². The highest BCUT2D eigenvalue weighted by Gasteiger charge is 2.17. The number of carbonyl (C=O) groups is 1. The van der Waals surface area contributed by atoms with Crippen molar-refractivity contribution in [2.45, 2.75) is 37.7 Å². The molecule has 0 aliphatic rings. The second-order valence-corrected chi connectivity index (χ2v) is 10.4. The average Bonchev–Trinajstić information content (AvgIpc) is 3.55. The number of anilines is 2. The molecule has 0 fully saturated rings. The van der Waals surface area contributed by atoms with Gasteiger partial charge < -0.3 is 14.5 Å². The Balaban J connectivity index is 1.32. The molecule has 2 aromatic carbocycles. The first kappa shape index (κ1) is 24.5. The van der Waals surface area contributed by atoms with Crippen LogP contribution in [0.2, 0.25) is 0 Å². The number of hydrogen-bond donors (Lipinski definition) is 2. The molecule has 0 spiro atoms. The molecule has 0 aliphatic carbocycles. The second kappa shape index (κ2) is 10.7. The lowest BCUT2D eigenvalue weighted by molar-refractivity contribution is 0.0992. The number of aromatic nitrogens is 1. The van der Waals surface area contributed by atoms with E-state index in [2.05, 4.69) is 41.0 Å². The summed E-state index contributed by atoms with van der Waals surface area (Å²) in [5.74, 6) is 1.40. The van der Waals surface area contributed by atoms with Gasteiger partial charge in [0.2, 0.25) is 0 Å². The predicted octanol–water partition coefficient (Wildman–Crippen LogP) is 5.88. The average molecular weight is 512 g/mol. The molecule has 4 rings (SSSR count). The van der Waals surface area contributed by atoms with E-state index in [4.69, 9.17) is 9.15 Å². The number of sulfonamides is 1. The van der Waals surface area contributed by atoms with E-state index in [0.29, 0.717) is 17.4 Å². The summed E-state index contributed by atoms with van der Waals surface area (Å²) in [4.78, 5) is 16.5. The van der Waals surface area contributed by atoms with Crippen LogP contribution >= 0.6 is 11.3 Å². The van der Waals surface area contributed by atoms with Crippen molar-refractivity contribution in [3.05, 3.63) is 89.3 Å². The number of amides is 1. The van der Waals surface area contributed by atoms with Crippen LogP contribution in [0.3, 0.4) is 0 Å². The molecule has 2 heterocycles. The lowest BCUT2D eigenvalue weighted by Crippen LogP contribution is -2.13. The van der Waals surface area contributed by atoms with Gasteiger partial charge in [0.1, 0.15) is 18.1 Å². The molecule has 0 aliphatic heterocycles. The molecule has 4 aromatic rings. The van der Waals surface area contributed by atoms with E-state index in [0.717, 1.165) is 12.2 Å². The molecule has 0 saturated heterocycles. The zero-order chi connectivity index (χ0) is 24.8. The van der Waals surface area contributed by atoms with Gasteiger partial charge in [-0.05, 0) is 66.4 Å². The summed E-state index contributed by atoms with van der Waals surface area (Å²) >= 11 is 1.18. The lowest BCUT2D eigenvalue weighted by atomic mass is 9.99. The summed E-state index contributed by atoms with van der Waals surface area (Å²) in [7, 11) is -3.76. The van der Waals surface area contributed by atoms with Crippen molar-refractivity contribution in [1.29, 1.82) is 0 Å². The molecule has 35 heavy (non-hydrogen) atoms. The van der Waals surface area contributed by atoms with Crippen LogP contribution in [0.25, 0.3) is 0 Å². The van der Waals surface area contributed by atoms with Crippen LogP contribution < -0.4 is 14.8 Å². The Bertz CT molecular complexity index is 1360. The molecule has 2 N–H and O–H groups in total. The van der Waals surface area contributed by atoms with E-state index < -0.39 is 15.9 Å². The Labute approximate surface area is 208 Å². The van der Waals surface area contributed by atoms with Crippen LogP contribution in [0.15, 0.2) is 81.6 Å². The Morgan fingerprint density at radius 1 is 1.09 bits per heavy atom. The number of nitrogens with one attached hydrogen (secondary N) is 2. The smallest absolute Gasteiger partial charge is 0.291 e. The van der Waals surface area contributed by atoms with Gasteiger partial charge >= 0.3 is 0 Å². The van der Waals surface area contributed by atoms with Gasteiger partial charge in [-0.1, -0.05) is 26.0 Å². The molecule has 1 amide bonds. The number of benzene rings is 2. The molecule has 0 saturated carbocycles. The Morgan fingerprint density at radius 2 is 1.83 bits per heavy atom. The molecule has 182 valence electrons. The topological polar surface area (TPSA) is 111 Å². The highest BCUT2D eigenvalue weighted by molar-refractivity contribution is 7.93. The molecule has 1 atom stereocenters. The summed E-state index contributed by atoms with van der Waals surface area (Å²) in [5.41, 5.74) is 1.69. The predicted molar refractivity (Wildman–Crippen MR) is 136 cm³/mol. The fourth-order valence-corrected chi connectivity index (χ4v) is 5.01. The number of ether oxygens (including phenoxy) is 1. The first-order chi connectivity index (χ1) is 16.8. The van der Waals surface area contributed by atoms with Crippen molar-refractivity contribution in [1.82, 2.24) is 4.98 Å². The monoisotopic (exact) mass is 511 g/mol. The second-order valence-electron chi connectivity index (χ2n) is 7.85. The van der Waals surface area contributed by atoms with Crippen LogP contribution in [0, 0.1) is 0 Å². The van der Waals surface area contributed by atoms with Gasteiger partial charge in [-0.25, -0.2) is 13.4 Å². The van der Waals surface area contributed by atoms with Crippen molar-refractivity contribution in [3.63, 3.8) is 0 Å². The van der Waals surface area contributed by atoms with Crippen LogP contribution in [-0.4, -0.2) is 19.3 Å². The Hall–Kier alpha value is -3.63. The third kappa shape index (κ3) is 6.28. The van der Waals surface area contributed by atoms with E-state index in [1.165, 1.54) is 47.4 Å². The van der Waals surface area contributed by atoms with Crippen LogP contribution in [-0.2, 0) is 16.6 Å². The van der Waals surface area contributed by atoms with Crippen molar-refractivity contribution in [2.24, 2.45) is 0 Å². The van der Waals surface area contributed by atoms with Crippen molar-refractivity contribution in [2.75, 3.05) is 10.0 Å². The third-order valence-corrected chi connectivity index (χ3v) is 7.58. The molecular weight excluding hydrogens is 486 g/mol. The maximum atomic E-state index is 12.5. The van der Waals surface area contributed by atoms with E-state index in [1.54, 1.807) is 17.5 Å². The third-order valence-electron chi connectivity index (χ3n) is 5.40. The van der Waals surface area contributed by atoms with Gasteiger partial charge in [-0.3, -0.25) is 9.52 Å². The summed E-state index contributed by atoms with van der Waals surface area (Å²) in [6, 6.07) is 17.0. The minimum atomic E-state index is -3.76. The summed E-state index contributed by atoms with van der Waals surface area (Å²) in [6.07, 6.45) is 2.59. The van der Waals surface area contributed by atoms with Crippen molar-refractivity contribution < 1.29 is 22.4 Å². The zero-order valence-corrected chi connectivity index (χ0v) is 20.9. The SMILES string of the molecule is CCC(C)c1ccc(OCc2ccc(C(=O)Nc3ccc(S(=O)(=O)Nc4nccs4)cc3)o2)cc1. The van der Waals surface area contributed by atoms with Crippen molar-refractivity contribution in [3.8, 4) is 5.75 Å². The van der Waals surface area contributed by atoms with Gasteiger partial charge in [-0.15, -0.1) is 11.3 Å². The normalized spacial score (nSPS) is 12.2. The summed E-state index contributed by atoms with van der Waals surface area (Å²) < 4.78 is 38.6. The molecule has 8 nitrogen and oxygen atoms in total. The first-order valence-corrected chi connectivity index (χ1v) is 13.4. The number of nitrogens with zero attached hydrogens (tertiary/aromatic N) is 1. The summed E-state index contributed by atoms with van der Waals surface area (Å²) in [5, 5.41) is 4.65. The highest BCUT2D eigenvalue weighted by Crippen LogP contribution is 2.23.